The number of anilines is 2. The Bertz CT molecular complexity index is 401. The first-order chi connectivity index (χ1) is 8.51. The van der Waals surface area contributed by atoms with E-state index >= 15 is 0 Å². The van der Waals surface area contributed by atoms with Crippen LogP contribution in [-0.4, -0.2) is 26.3 Å². The van der Waals surface area contributed by atoms with E-state index in [1.807, 2.05) is 22.6 Å². The van der Waals surface area contributed by atoms with E-state index < -0.39 is 0 Å². The van der Waals surface area contributed by atoms with Gasteiger partial charge in [-0.25, -0.2) is 4.39 Å². The van der Waals surface area contributed by atoms with Crippen LogP contribution in [-0.2, 0) is 4.74 Å². The van der Waals surface area contributed by atoms with Gasteiger partial charge in [-0.1, -0.05) is 6.92 Å². The zero-order valence-electron chi connectivity index (χ0n) is 11.0. The summed E-state index contributed by atoms with van der Waals surface area (Å²) in [5.74, 6) is -0.231. The molecule has 0 spiro atoms. The smallest absolute Gasteiger partial charge is 0.138 e. The van der Waals surface area contributed by atoms with Gasteiger partial charge >= 0.3 is 0 Å². The lowest BCUT2D eigenvalue weighted by atomic mass is 10.1. The third-order valence-electron chi connectivity index (χ3n) is 3.04. The molecule has 0 saturated carbocycles. The summed E-state index contributed by atoms with van der Waals surface area (Å²) in [4.78, 5) is 2.10. The van der Waals surface area contributed by atoms with Crippen molar-refractivity contribution in [1.82, 2.24) is 0 Å². The van der Waals surface area contributed by atoms with E-state index in [4.69, 9.17) is 10.5 Å². The van der Waals surface area contributed by atoms with Crippen LogP contribution in [0.4, 0.5) is 15.8 Å². The molecule has 2 N–H and O–H groups in total. The molecule has 0 bridgehead atoms. The summed E-state index contributed by atoms with van der Waals surface area (Å²) in [7, 11) is 1.66. The van der Waals surface area contributed by atoms with Gasteiger partial charge in [0.15, 0.2) is 0 Å². The molecule has 1 rings (SSSR count). The molecule has 0 aromatic heterocycles. The highest BCUT2D eigenvalue weighted by Gasteiger charge is 2.17. The van der Waals surface area contributed by atoms with Crippen molar-refractivity contribution in [1.29, 1.82) is 0 Å². The van der Waals surface area contributed by atoms with Crippen molar-refractivity contribution in [3.8, 4) is 0 Å². The molecule has 1 aromatic rings. The van der Waals surface area contributed by atoms with Crippen LogP contribution in [0.1, 0.15) is 20.3 Å². The average molecular weight is 366 g/mol. The first-order valence-corrected chi connectivity index (χ1v) is 7.09. The second-order valence-electron chi connectivity index (χ2n) is 4.27. The van der Waals surface area contributed by atoms with Crippen LogP contribution in [0.2, 0.25) is 0 Å². The highest BCUT2D eigenvalue weighted by atomic mass is 127. The standard InChI is InChI=1S/C13H20FIN2O/c1-4-9(2)17(5-6-18-3)13-7-10(14)11(15)8-12(13)16/h7-9H,4-6,16H2,1-3H3. The molecule has 18 heavy (non-hydrogen) atoms. The van der Waals surface area contributed by atoms with Gasteiger partial charge in [-0.2, -0.15) is 0 Å². The summed E-state index contributed by atoms with van der Waals surface area (Å²) in [6.45, 7) is 5.50. The van der Waals surface area contributed by atoms with Gasteiger partial charge in [-0.15, -0.1) is 0 Å². The minimum Gasteiger partial charge on any atom is -0.397 e. The van der Waals surface area contributed by atoms with E-state index in [0.717, 1.165) is 12.1 Å². The maximum absolute atomic E-state index is 13.7. The van der Waals surface area contributed by atoms with Crippen LogP contribution in [0.15, 0.2) is 12.1 Å². The summed E-state index contributed by atoms with van der Waals surface area (Å²) in [5, 5.41) is 0. The number of rotatable bonds is 6. The van der Waals surface area contributed by atoms with Crippen molar-refractivity contribution in [2.45, 2.75) is 26.3 Å². The number of nitrogens with two attached hydrogens (primary N) is 1. The molecule has 5 heteroatoms. The van der Waals surface area contributed by atoms with Crippen LogP contribution in [0, 0.1) is 9.39 Å². The summed E-state index contributed by atoms with van der Waals surface area (Å²) < 4.78 is 19.3. The van der Waals surface area contributed by atoms with Crippen molar-refractivity contribution in [3.63, 3.8) is 0 Å². The highest BCUT2D eigenvalue weighted by molar-refractivity contribution is 14.1. The molecule has 1 unspecified atom stereocenters. The predicted molar refractivity (Wildman–Crippen MR) is 82.5 cm³/mol. The van der Waals surface area contributed by atoms with Crippen molar-refractivity contribution < 1.29 is 9.13 Å². The lowest BCUT2D eigenvalue weighted by molar-refractivity contribution is 0.203. The van der Waals surface area contributed by atoms with E-state index in [-0.39, 0.29) is 5.82 Å². The van der Waals surface area contributed by atoms with Gasteiger partial charge < -0.3 is 15.4 Å². The molecule has 0 saturated heterocycles. The third kappa shape index (κ3) is 3.71. The maximum Gasteiger partial charge on any atom is 0.138 e. The number of nitrogen functional groups attached to an aromatic ring is 1. The van der Waals surface area contributed by atoms with E-state index in [9.17, 15) is 4.39 Å². The number of benzene rings is 1. The van der Waals surface area contributed by atoms with Crippen LogP contribution < -0.4 is 10.6 Å². The molecule has 0 aliphatic heterocycles. The Labute approximate surface area is 122 Å². The number of halogens is 2. The fraction of sp³-hybridized carbons (Fsp3) is 0.538. The summed E-state index contributed by atoms with van der Waals surface area (Å²) in [6, 6.07) is 3.48. The SMILES string of the molecule is CCC(C)N(CCOC)c1cc(F)c(I)cc1N. The van der Waals surface area contributed by atoms with Crippen molar-refractivity contribution in [2.75, 3.05) is 30.9 Å². The minimum absolute atomic E-state index is 0.231. The van der Waals surface area contributed by atoms with Gasteiger partial charge in [-0.05, 0) is 42.0 Å². The molecular formula is C13H20FIN2O. The lowest BCUT2D eigenvalue weighted by Gasteiger charge is -2.31. The fourth-order valence-electron chi connectivity index (χ4n) is 1.79. The molecule has 1 aromatic carbocycles. The Hall–Kier alpha value is -0.560. The van der Waals surface area contributed by atoms with Crippen LogP contribution >= 0.6 is 22.6 Å². The molecule has 0 heterocycles. The summed E-state index contributed by atoms with van der Waals surface area (Å²) >= 11 is 1.95. The van der Waals surface area contributed by atoms with Crippen molar-refractivity contribution in [2.24, 2.45) is 0 Å². The molecule has 1 atom stereocenters. The van der Waals surface area contributed by atoms with Crippen LogP contribution in [0.3, 0.4) is 0 Å². The van der Waals surface area contributed by atoms with Gasteiger partial charge in [-0.3, -0.25) is 0 Å². The largest absolute Gasteiger partial charge is 0.397 e. The van der Waals surface area contributed by atoms with Gasteiger partial charge in [0, 0.05) is 25.8 Å². The molecule has 0 radical (unpaired) electrons. The quantitative estimate of drug-likeness (QED) is 0.621. The van der Waals surface area contributed by atoms with E-state index in [1.165, 1.54) is 6.07 Å². The minimum atomic E-state index is -0.231. The van der Waals surface area contributed by atoms with Crippen LogP contribution in [0.5, 0.6) is 0 Å². The Kier molecular flexibility index (Phi) is 6.14. The monoisotopic (exact) mass is 366 g/mol. The van der Waals surface area contributed by atoms with E-state index in [2.05, 4.69) is 18.7 Å². The Morgan fingerprint density at radius 1 is 1.50 bits per heavy atom. The number of hydrogen-bond donors (Lipinski definition) is 1. The second kappa shape index (κ2) is 7.13. The number of methoxy groups -OCH3 is 1. The number of hydrogen-bond acceptors (Lipinski definition) is 3. The normalized spacial score (nSPS) is 12.5. The lowest BCUT2D eigenvalue weighted by Crippen LogP contribution is -2.36. The zero-order chi connectivity index (χ0) is 13.7. The Morgan fingerprint density at radius 3 is 2.72 bits per heavy atom. The summed E-state index contributed by atoms with van der Waals surface area (Å²) in [6.07, 6.45) is 0.969. The maximum atomic E-state index is 13.7. The number of ether oxygens (including phenoxy) is 1. The molecule has 0 fully saturated rings. The molecule has 3 nitrogen and oxygen atoms in total. The Balaban J connectivity index is 3.07. The van der Waals surface area contributed by atoms with Gasteiger partial charge in [0.2, 0.25) is 0 Å². The van der Waals surface area contributed by atoms with Crippen molar-refractivity contribution >= 4 is 34.0 Å². The molecule has 0 aliphatic carbocycles. The molecular weight excluding hydrogens is 346 g/mol. The number of nitrogens with zero attached hydrogens (tertiary/aromatic N) is 1. The van der Waals surface area contributed by atoms with Crippen molar-refractivity contribution in [3.05, 3.63) is 21.5 Å². The summed E-state index contributed by atoms with van der Waals surface area (Å²) in [5.41, 5.74) is 7.36. The average Bonchev–Trinajstić information content (AvgIpc) is 2.35. The second-order valence-corrected chi connectivity index (χ2v) is 5.43. The zero-order valence-corrected chi connectivity index (χ0v) is 13.2. The molecule has 102 valence electrons. The van der Waals surface area contributed by atoms with Crippen LogP contribution in [0.25, 0.3) is 0 Å². The van der Waals surface area contributed by atoms with Gasteiger partial charge in [0.25, 0.3) is 0 Å². The van der Waals surface area contributed by atoms with Gasteiger partial charge in [0.1, 0.15) is 5.82 Å². The highest BCUT2D eigenvalue weighted by Crippen LogP contribution is 2.29. The molecule has 0 amide bonds. The first-order valence-electron chi connectivity index (χ1n) is 6.01. The first kappa shape index (κ1) is 15.5. The van der Waals surface area contributed by atoms with E-state index in [0.29, 0.717) is 28.5 Å². The molecule has 0 aliphatic rings. The van der Waals surface area contributed by atoms with E-state index in [1.54, 1.807) is 13.2 Å². The Morgan fingerprint density at radius 2 is 2.17 bits per heavy atom. The topological polar surface area (TPSA) is 38.5 Å². The van der Waals surface area contributed by atoms with Gasteiger partial charge in [0.05, 0.1) is 21.6 Å². The predicted octanol–water partition coefficient (Wildman–Crippen LogP) is 3.26. The fourth-order valence-corrected chi connectivity index (χ4v) is 2.28. The third-order valence-corrected chi connectivity index (χ3v) is 3.86.